The number of hydrogen-bond acceptors (Lipinski definition) is 2. The van der Waals surface area contributed by atoms with Crippen molar-refractivity contribution >= 4 is 0 Å². The Morgan fingerprint density at radius 1 is 1.00 bits per heavy atom. The van der Waals surface area contributed by atoms with Crippen molar-refractivity contribution in [2.45, 2.75) is 72.3 Å². The first-order valence-electron chi connectivity index (χ1n) is 7.49. The third-order valence-electron chi connectivity index (χ3n) is 2.93. The standard InChI is InChI=1S/C15H33NO/c1-5-6-7-8-9-12-17-15(4)10-11-16-13-14(2)3/h14-16H,5-13H2,1-4H3. The summed E-state index contributed by atoms with van der Waals surface area (Å²) >= 11 is 0. The molecule has 1 atom stereocenters. The van der Waals surface area contributed by atoms with E-state index in [1.807, 2.05) is 0 Å². The highest BCUT2D eigenvalue weighted by atomic mass is 16.5. The summed E-state index contributed by atoms with van der Waals surface area (Å²) in [4.78, 5) is 0. The van der Waals surface area contributed by atoms with E-state index in [1.165, 1.54) is 32.1 Å². The molecule has 0 aromatic rings. The lowest BCUT2D eigenvalue weighted by Crippen LogP contribution is -2.24. The molecule has 1 unspecified atom stereocenters. The van der Waals surface area contributed by atoms with Crippen molar-refractivity contribution in [3.05, 3.63) is 0 Å². The van der Waals surface area contributed by atoms with Gasteiger partial charge in [0, 0.05) is 6.61 Å². The molecular formula is C15H33NO. The van der Waals surface area contributed by atoms with Crippen molar-refractivity contribution in [1.82, 2.24) is 5.32 Å². The molecule has 0 radical (unpaired) electrons. The van der Waals surface area contributed by atoms with Gasteiger partial charge in [0.15, 0.2) is 0 Å². The second-order valence-electron chi connectivity index (χ2n) is 5.48. The van der Waals surface area contributed by atoms with E-state index in [1.54, 1.807) is 0 Å². The third kappa shape index (κ3) is 13.9. The van der Waals surface area contributed by atoms with Crippen LogP contribution in [0.5, 0.6) is 0 Å². The molecule has 0 fully saturated rings. The third-order valence-corrected chi connectivity index (χ3v) is 2.93. The summed E-state index contributed by atoms with van der Waals surface area (Å²) in [5.74, 6) is 0.741. The fraction of sp³-hybridized carbons (Fsp3) is 1.00. The van der Waals surface area contributed by atoms with Crippen LogP contribution in [0.25, 0.3) is 0 Å². The van der Waals surface area contributed by atoms with Crippen LogP contribution in [0.1, 0.15) is 66.2 Å². The molecule has 0 aliphatic carbocycles. The summed E-state index contributed by atoms with van der Waals surface area (Å²) in [6.45, 7) is 12.0. The molecular weight excluding hydrogens is 210 g/mol. The molecule has 0 aliphatic heterocycles. The van der Waals surface area contributed by atoms with E-state index in [-0.39, 0.29) is 0 Å². The molecule has 0 spiro atoms. The topological polar surface area (TPSA) is 21.3 Å². The van der Waals surface area contributed by atoms with E-state index >= 15 is 0 Å². The van der Waals surface area contributed by atoms with Crippen LogP contribution in [0.15, 0.2) is 0 Å². The van der Waals surface area contributed by atoms with Crippen LogP contribution in [0.4, 0.5) is 0 Å². The number of nitrogens with one attached hydrogen (secondary N) is 1. The predicted molar refractivity (Wildman–Crippen MR) is 76.5 cm³/mol. The van der Waals surface area contributed by atoms with E-state index in [4.69, 9.17) is 4.74 Å². The van der Waals surface area contributed by atoms with Gasteiger partial charge in [-0.15, -0.1) is 0 Å². The number of unbranched alkanes of at least 4 members (excludes halogenated alkanes) is 4. The summed E-state index contributed by atoms with van der Waals surface area (Å²) in [7, 11) is 0. The Morgan fingerprint density at radius 2 is 1.71 bits per heavy atom. The largest absolute Gasteiger partial charge is 0.378 e. The number of rotatable bonds is 12. The average Bonchev–Trinajstić information content (AvgIpc) is 2.29. The van der Waals surface area contributed by atoms with Gasteiger partial charge in [0.2, 0.25) is 0 Å². The zero-order chi connectivity index (χ0) is 12.9. The molecule has 0 heterocycles. The molecule has 0 bridgehead atoms. The zero-order valence-electron chi connectivity index (χ0n) is 12.4. The first-order valence-corrected chi connectivity index (χ1v) is 7.49. The van der Waals surface area contributed by atoms with E-state index < -0.39 is 0 Å². The van der Waals surface area contributed by atoms with E-state index in [2.05, 4.69) is 33.0 Å². The molecule has 0 aromatic carbocycles. The summed E-state index contributed by atoms with van der Waals surface area (Å²) in [5.41, 5.74) is 0. The first-order chi connectivity index (χ1) is 8.16. The van der Waals surface area contributed by atoms with Crippen molar-refractivity contribution in [2.24, 2.45) is 5.92 Å². The summed E-state index contributed by atoms with van der Waals surface area (Å²) < 4.78 is 5.79. The first kappa shape index (κ1) is 16.9. The minimum absolute atomic E-state index is 0.404. The lowest BCUT2D eigenvalue weighted by molar-refractivity contribution is 0.0575. The van der Waals surface area contributed by atoms with Crippen LogP contribution in [0, 0.1) is 5.92 Å². The van der Waals surface area contributed by atoms with E-state index in [0.717, 1.165) is 32.0 Å². The van der Waals surface area contributed by atoms with Crippen LogP contribution in [-0.4, -0.2) is 25.8 Å². The van der Waals surface area contributed by atoms with Crippen LogP contribution in [0.3, 0.4) is 0 Å². The minimum Gasteiger partial charge on any atom is -0.378 e. The van der Waals surface area contributed by atoms with Gasteiger partial charge in [0.25, 0.3) is 0 Å². The molecule has 0 aliphatic rings. The smallest absolute Gasteiger partial charge is 0.0559 e. The van der Waals surface area contributed by atoms with Crippen molar-refractivity contribution in [3.63, 3.8) is 0 Å². The van der Waals surface area contributed by atoms with Gasteiger partial charge in [-0.3, -0.25) is 0 Å². The maximum absolute atomic E-state index is 5.79. The molecule has 0 saturated carbocycles. The number of ether oxygens (including phenoxy) is 1. The quantitative estimate of drug-likeness (QED) is 0.523. The van der Waals surface area contributed by atoms with Gasteiger partial charge in [0.05, 0.1) is 6.10 Å². The lowest BCUT2D eigenvalue weighted by atomic mass is 10.2. The Hall–Kier alpha value is -0.0800. The number of hydrogen-bond donors (Lipinski definition) is 1. The van der Waals surface area contributed by atoms with Crippen molar-refractivity contribution in [1.29, 1.82) is 0 Å². The van der Waals surface area contributed by atoms with E-state index in [9.17, 15) is 0 Å². The summed E-state index contributed by atoms with van der Waals surface area (Å²) in [5, 5.41) is 3.45. The zero-order valence-corrected chi connectivity index (χ0v) is 12.4. The van der Waals surface area contributed by atoms with Gasteiger partial charge in [0.1, 0.15) is 0 Å². The second-order valence-corrected chi connectivity index (χ2v) is 5.48. The Bertz CT molecular complexity index is 148. The highest BCUT2D eigenvalue weighted by molar-refractivity contribution is 4.56. The molecule has 17 heavy (non-hydrogen) atoms. The van der Waals surface area contributed by atoms with Gasteiger partial charge in [-0.05, 0) is 38.8 Å². The van der Waals surface area contributed by atoms with Gasteiger partial charge in [-0.25, -0.2) is 0 Å². The normalized spacial score (nSPS) is 13.2. The second kappa shape index (κ2) is 12.4. The van der Waals surface area contributed by atoms with Crippen molar-refractivity contribution in [2.75, 3.05) is 19.7 Å². The highest BCUT2D eigenvalue weighted by Gasteiger charge is 2.01. The SMILES string of the molecule is CCCCCCCOC(C)CCNCC(C)C. The fourth-order valence-electron chi connectivity index (χ4n) is 1.77. The average molecular weight is 243 g/mol. The maximum atomic E-state index is 5.79. The van der Waals surface area contributed by atoms with Crippen LogP contribution in [-0.2, 0) is 4.74 Å². The van der Waals surface area contributed by atoms with Crippen molar-refractivity contribution in [3.8, 4) is 0 Å². The molecule has 2 nitrogen and oxygen atoms in total. The van der Waals surface area contributed by atoms with Gasteiger partial charge in [-0.2, -0.15) is 0 Å². The van der Waals surface area contributed by atoms with Crippen molar-refractivity contribution < 1.29 is 4.74 Å². The Morgan fingerprint density at radius 3 is 2.35 bits per heavy atom. The van der Waals surface area contributed by atoms with Crippen LogP contribution < -0.4 is 5.32 Å². The van der Waals surface area contributed by atoms with E-state index in [0.29, 0.717) is 6.10 Å². The molecule has 104 valence electrons. The van der Waals surface area contributed by atoms with Crippen LogP contribution >= 0.6 is 0 Å². The highest BCUT2D eigenvalue weighted by Crippen LogP contribution is 2.04. The fourth-order valence-corrected chi connectivity index (χ4v) is 1.77. The summed E-state index contributed by atoms with van der Waals surface area (Å²) in [6, 6.07) is 0. The minimum atomic E-state index is 0.404. The Labute approximate surface area is 109 Å². The predicted octanol–water partition coefficient (Wildman–Crippen LogP) is 4.00. The molecule has 0 amide bonds. The molecule has 1 N–H and O–H groups in total. The van der Waals surface area contributed by atoms with Gasteiger partial charge >= 0.3 is 0 Å². The summed E-state index contributed by atoms with van der Waals surface area (Å²) in [6.07, 6.45) is 8.13. The monoisotopic (exact) mass is 243 g/mol. The lowest BCUT2D eigenvalue weighted by Gasteiger charge is -2.14. The molecule has 0 rings (SSSR count). The van der Waals surface area contributed by atoms with Gasteiger partial charge < -0.3 is 10.1 Å². The van der Waals surface area contributed by atoms with Gasteiger partial charge in [-0.1, -0.05) is 46.5 Å². The molecule has 2 heteroatoms. The Balaban J connectivity index is 3.14. The molecule has 0 aromatic heterocycles. The maximum Gasteiger partial charge on any atom is 0.0559 e. The van der Waals surface area contributed by atoms with Crippen LogP contribution in [0.2, 0.25) is 0 Å². The molecule has 0 saturated heterocycles. The Kier molecular flexibility index (Phi) is 12.3.